The lowest BCUT2D eigenvalue weighted by molar-refractivity contribution is -0.205. The van der Waals surface area contributed by atoms with E-state index in [1.54, 1.807) is 0 Å². The van der Waals surface area contributed by atoms with Crippen molar-refractivity contribution in [2.45, 2.75) is 88.9 Å². The third-order valence-corrected chi connectivity index (χ3v) is 11.1. The maximum Gasteiger partial charge on any atom is 0.392 e. The molecule has 3 heterocycles. The van der Waals surface area contributed by atoms with Gasteiger partial charge in [-0.1, -0.05) is 12.8 Å². The molecule has 6 rings (SSSR count). The van der Waals surface area contributed by atoms with E-state index in [1.165, 1.54) is 6.42 Å². The maximum atomic E-state index is 14.3. The zero-order valence-corrected chi connectivity index (χ0v) is 22.1. The fourth-order valence-corrected chi connectivity index (χ4v) is 8.89. The average molecular weight is 530 g/mol. The van der Waals surface area contributed by atoms with E-state index in [-0.39, 0.29) is 36.9 Å². The van der Waals surface area contributed by atoms with Gasteiger partial charge >= 0.3 is 6.18 Å². The number of fused-ring (bicyclic) bond motifs is 1. The number of hydrazine groups is 1. The number of nitrogens with one attached hydrogen (secondary N) is 2. The van der Waals surface area contributed by atoms with Crippen molar-refractivity contribution in [1.82, 2.24) is 25.6 Å². The van der Waals surface area contributed by atoms with Crippen molar-refractivity contribution in [3.8, 4) is 0 Å². The predicted molar refractivity (Wildman–Crippen MR) is 132 cm³/mol. The Bertz CT molecular complexity index is 859. The van der Waals surface area contributed by atoms with Crippen molar-refractivity contribution in [2.75, 3.05) is 33.4 Å². The molecule has 0 bridgehead atoms. The number of likely N-dealkylation sites (tertiary alicyclic amines) is 2. The van der Waals surface area contributed by atoms with Gasteiger partial charge < -0.3 is 4.90 Å². The van der Waals surface area contributed by atoms with Gasteiger partial charge in [0, 0.05) is 37.6 Å². The molecule has 10 heteroatoms. The Morgan fingerprint density at radius 3 is 2.49 bits per heavy atom. The van der Waals surface area contributed by atoms with Gasteiger partial charge in [-0.3, -0.25) is 14.6 Å². The normalized spacial score (nSPS) is 46.4. The zero-order chi connectivity index (χ0) is 26.1. The molecule has 3 aliphatic heterocycles. The van der Waals surface area contributed by atoms with Crippen molar-refractivity contribution in [3.63, 3.8) is 0 Å². The van der Waals surface area contributed by atoms with Crippen LogP contribution in [-0.2, 0) is 4.79 Å². The van der Waals surface area contributed by atoms with E-state index in [0.717, 1.165) is 32.4 Å². The molecule has 6 fully saturated rings. The lowest BCUT2D eigenvalue weighted by Crippen LogP contribution is -2.47. The molecule has 1 amide bonds. The minimum absolute atomic E-state index is 0.0414. The molecule has 3 saturated carbocycles. The van der Waals surface area contributed by atoms with Gasteiger partial charge in [-0.15, -0.1) is 0 Å². The zero-order valence-electron chi connectivity index (χ0n) is 22.1. The number of halogens is 4. The fraction of sp³-hybridized carbons (Fsp3) is 0.963. The predicted octanol–water partition coefficient (Wildman–Crippen LogP) is 3.60. The monoisotopic (exact) mass is 529 g/mol. The number of hydrogen-bond donors (Lipinski definition) is 2. The highest BCUT2D eigenvalue weighted by molar-refractivity contribution is 5.82. The summed E-state index contributed by atoms with van der Waals surface area (Å²) < 4.78 is 56.8. The molecule has 8 unspecified atom stereocenters. The standard InChI is InChI=1S/C27H43F4N5O/c1-15(35-7-6-18(28)12-35)17-9-22-23(24(10-17)27(29,30)31)13-36(26(22)37)19-5-3-4-16(8-19)20-11-21(20)25-33-32-14-34(25)2/h15-25,32-33H,3-14H2,1-2H3/t15?,16?,17?,18-,19?,20+,21+,22?,23?,24?,25?/m0/s1. The number of carbonyl (C=O) groups excluding carboxylic acids is 1. The summed E-state index contributed by atoms with van der Waals surface area (Å²) >= 11 is 0. The molecule has 3 aliphatic carbocycles. The molecule has 6 nitrogen and oxygen atoms in total. The van der Waals surface area contributed by atoms with Crippen molar-refractivity contribution < 1.29 is 22.4 Å². The Balaban J connectivity index is 1.14. The highest BCUT2D eigenvalue weighted by atomic mass is 19.4. The Kier molecular flexibility index (Phi) is 7.02. The topological polar surface area (TPSA) is 50.9 Å². The van der Waals surface area contributed by atoms with E-state index in [4.69, 9.17) is 0 Å². The highest BCUT2D eigenvalue weighted by Crippen LogP contribution is 2.55. The Morgan fingerprint density at radius 2 is 1.81 bits per heavy atom. The molecular weight excluding hydrogens is 486 g/mol. The number of alkyl halides is 4. The molecule has 37 heavy (non-hydrogen) atoms. The first-order valence-electron chi connectivity index (χ1n) is 14.6. The van der Waals surface area contributed by atoms with Crippen LogP contribution >= 0.6 is 0 Å². The van der Waals surface area contributed by atoms with Gasteiger partial charge in [0.15, 0.2) is 0 Å². The largest absolute Gasteiger partial charge is 0.392 e. The van der Waals surface area contributed by atoms with Crippen LogP contribution < -0.4 is 10.9 Å². The third-order valence-electron chi connectivity index (χ3n) is 11.1. The second-order valence-corrected chi connectivity index (χ2v) is 13.1. The molecule has 0 spiro atoms. The van der Waals surface area contributed by atoms with Gasteiger partial charge in [0.25, 0.3) is 0 Å². The third kappa shape index (κ3) is 4.93. The molecule has 3 saturated heterocycles. The quantitative estimate of drug-likeness (QED) is 0.533. The highest BCUT2D eigenvalue weighted by Gasteiger charge is 2.59. The smallest absolute Gasteiger partial charge is 0.339 e. The molecule has 210 valence electrons. The summed E-state index contributed by atoms with van der Waals surface area (Å²) in [5, 5.41) is 0. The molecule has 2 N–H and O–H groups in total. The number of nitrogens with zero attached hydrogens (tertiary/aromatic N) is 3. The minimum Gasteiger partial charge on any atom is -0.339 e. The van der Waals surface area contributed by atoms with E-state index >= 15 is 0 Å². The molecular formula is C27H43F4N5O. The van der Waals surface area contributed by atoms with E-state index < -0.39 is 30.1 Å². The van der Waals surface area contributed by atoms with E-state index in [9.17, 15) is 22.4 Å². The molecule has 0 aromatic carbocycles. The van der Waals surface area contributed by atoms with Crippen LogP contribution in [-0.4, -0.2) is 84.6 Å². The first-order valence-corrected chi connectivity index (χ1v) is 14.6. The van der Waals surface area contributed by atoms with Crippen LogP contribution in [0, 0.1) is 41.4 Å². The second-order valence-electron chi connectivity index (χ2n) is 13.1. The van der Waals surface area contributed by atoms with Crippen LogP contribution in [0.4, 0.5) is 17.6 Å². The van der Waals surface area contributed by atoms with Gasteiger partial charge in [-0.2, -0.15) is 13.2 Å². The molecule has 0 aromatic rings. The Labute approximate surface area is 217 Å². The van der Waals surface area contributed by atoms with Gasteiger partial charge in [0.2, 0.25) is 5.91 Å². The van der Waals surface area contributed by atoms with E-state index in [0.29, 0.717) is 49.9 Å². The summed E-state index contributed by atoms with van der Waals surface area (Å²) in [6.07, 6.45) is 1.39. The van der Waals surface area contributed by atoms with Gasteiger partial charge in [0.1, 0.15) is 6.17 Å². The van der Waals surface area contributed by atoms with E-state index in [1.807, 2.05) is 16.7 Å². The second kappa shape index (κ2) is 9.89. The first kappa shape index (κ1) is 26.3. The number of carbonyl (C=O) groups is 1. The maximum absolute atomic E-state index is 14.3. The summed E-state index contributed by atoms with van der Waals surface area (Å²) in [7, 11) is 2.12. The van der Waals surface area contributed by atoms with Crippen molar-refractivity contribution >= 4 is 5.91 Å². The molecule has 11 atom stereocenters. The minimum atomic E-state index is -4.31. The van der Waals surface area contributed by atoms with Gasteiger partial charge in [0.05, 0.1) is 18.8 Å². The summed E-state index contributed by atoms with van der Waals surface area (Å²) in [5.41, 5.74) is 6.59. The fourth-order valence-electron chi connectivity index (χ4n) is 8.89. The van der Waals surface area contributed by atoms with Crippen LogP contribution in [0.15, 0.2) is 0 Å². The molecule has 0 radical (unpaired) electrons. The summed E-state index contributed by atoms with van der Waals surface area (Å²) in [5.74, 6) is -1.11. The van der Waals surface area contributed by atoms with Crippen LogP contribution in [0.5, 0.6) is 0 Å². The molecule has 6 aliphatic rings. The summed E-state index contributed by atoms with van der Waals surface area (Å²) in [6, 6.07) is -0.0581. The lowest BCUT2D eigenvalue weighted by Gasteiger charge is -2.42. The Hall–Kier alpha value is -0.970. The lowest BCUT2D eigenvalue weighted by atomic mass is 9.67. The summed E-state index contributed by atoms with van der Waals surface area (Å²) in [4.78, 5) is 19.9. The SMILES string of the molecule is CC(C1CC2C(=O)N(C3CCCC([C@H]4C[C@H]4C4NNCN4C)C3)CC2C(C(F)(F)F)C1)N1CC[C@H](F)C1. The van der Waals surface area contributed by atoms with Crippen LogP contribution in [0.25, 0.3) is 0 Å². The van der Waals surface area contributed by atoms with E-state index in [2.05, 4.69) is 22.8 Å². The number of amides is 1. The van der Waals surface area contributed by atoms with Crippen LogP contribution in [0.2, 0.25) is 0 Å². The van der Waals surface area contributed by atoms with Gasteiger partial charge in [-0.05, 0) is 82.1 Å². The van der Waals surface area contributed by atoms with Crippen molar-refractivity contribution in [3.05, 3.63) is 0 Å². The summed E-state index contributed by atoms with van der Waals surface area (Å²) in [6.45, 7) is 3.93. The van der Waals surface area contributed by atoms with Crippen molar-refractivity contribution in [2.24, 2.45) is 41.4 Å². The van der Waals surface area contributed by atoms with Crippen LogP contribution in [0.1, 0.15) is 58.3 Å². The van der Waals surface area contributed by atoms with Crippen molar-refractivity contribution in [1.29, 1.82) is 0 Å². The number of rotatable bonds is 5. The van der Waals surface area contributed by atoms with Gasteiger partial charge in [-0.25, -0.2) is 15.2 Å². The van der Waals surface area contributed by atoms with Crippen LogP contribution in [0.3, 0.4) is 0 Å². The molecule has 0 aromatic heterocycles. The number of hydrogen-bond acceptors (Lipinski definition) is 5. The first-order chi connectivity index (χ1) is 17.6. The Morgan fingerprint density at radius 1 is 1.00 bits per heavy atom. The average Bonchev–Trinajstić information content (AvgIpc) is 3.14.